The first-order valence-electron chi connectivity index (χ1n) is 8.16. The number of amides is 1. The van der Waals surface area contributed by atoms with Crippen LogP contribution in [-0.4, -0.2) is 43.5 Å². The molecule has 0 radical (unpaired) electrons. The second kappa shape index (κ2) is 10.3. The normalized spacial score (nSPS) is 11.0. The van der Waals surface area contributed by atoms with Crippen molar-refractivity contribution in [2.75, 3.05) is 32.8 Å². The summed E-state index contributed by atoms with van der Waals surface area (Å²) < 4.78 is 15.8. The summed E-state index contributed by atoms with van der Waals surface area (Å²) in [7, 11) is 3.11. The molecule has 1 N–H and O–H groups in total. The van der Waals surface area contributed by atoms with Crippen LogP contribution in [-0.2, 0) is 16.0 Å². The van der Waals surface area contributed by atoms with Crippen molar-refractivity contribution in [3.8, 4) is 17.6 Å². The third-order valence-electron chi connectivity index (χ3n) is 3.40. The molecular weight excluding hydrogens is 368 g/mol. The van der Waals surface area contributed by atoms with Gasteiger partial charge in [0.1, 0.15) is 23.3 Å². The van der Waals surface area contributed by atoms with Gasteiger partial charge in [-0.15, -0.1) is 10.2 Å². The van der Waals surface area contributed by atoms with E-state index in [2.05, 4.69) is 15.5 Å². The van der Waals surface area contributed by atoms with Gasteiger partial charge in [-0.3, -0.25) is 10.1 Å². The minimum absolute atomic E-state index is 0.0571. The highest BCUT2D eigenvalue weighted by Gasteiger charge is 2.13. The number of methoxy groups -OCH3 is 2. The second-order valence-electron chi connectivity index (χ2n) is 5.23. The molecule has 0 aliphatic heterocycles. The number of nitrogens with zero attached hydrogens (tertiary/aromatic N) is 3. The summed E-state index contributed by atoms with van der Waals surface area (Å²) >= 11 is 1.28. The third-order valence-corrected chi connectivity index (χ3v) is 4.38. The van der Waals surface area contributed by atoms with Crippen molar-refractivity contribution >= 4 is 28.5 Å². The molecule has 0 saturated carbocycles. The van der Waals surface area contributed by atoms with Crippen molar-refractivity contribution in [1.82, 2.24) is 10.2 Å². The molecule has 2 rings (SSSR count). The molecule has 0 aliphatic rings. The SMILES string of the molecule is CCc1nnc(NC(=O)/C(C#N)=C\c2ccc(OCCOC)c(OC)c2)s1. The van der Waals surface area contributed by atoms with Gasteiger partial charge in [-0.25, -0.2) is 0 Å². The van der Waals surface area contributed by atoms with Crippen LogP contribution < -0.4 is 14.8 Å². The molecular formula is C18H20N4O4S. The Morgan fingerprint density at radius 2 is 2.11 bits per heavy atom. The number of carbonyl (C=O) groups is 1. The van der Waals surface area contributed by atoms with Gasteiger partial charge in [-0.1, -0.05) is 24.3 Å². The fourth-order valence-electron chi connectivity index (χ4n) is 2.05. The molecule has 0 spiro atoms. The number of ether oxygens (including phenoxy) is 3. The number of anilines is 1. The highest BCUT2D eigenvalue weighted by Crippen LogP contribution is 2.29. The summed E-state index contributed by atoms with van der Waals surface area (Å²) in [5.41, 5.74) is 0.572. The van der Waals surface area contributed by atoms with Crippen LogP contribution in [0.4, 0.5) is 5.13 Å². The summed E-state index contributed by atoms with van der Waals surface area (Å²) in [5.74, 6) is 0.501. The molecule has 1 heterocycles. The van der Waals surface area contributed by atoms with E-state index in [-0.39, 0.29) is 5.57 Å². The maximum absolute atomic E-state index is 12.3. The van der Waals surface area contributed by atoms with Crippen LogP contribution in [0.3, 0.4) is 0 Å². The number of hydrogen-bond donors (Lipinski definition) is 1. The zero-order valence-corrected chi connectivity index (χ0v) is 16.1. The lowest BCUT2D eigenvalue weighted by atomic mass is 10.1. The molecule has 0 bridgehead atoms. The van der Waals surface area contributed by atoms with Crippen molar-refractivity contribution in [2.24, 2.45) is 0 Å². The van der Waals surface area contributed by atoms with Gasteiger partial charge in [0.15, 0.2) is 11.5 Å². The van der Waals surface area contributed by atoms with E-state index in [1.165, 1.54) is 24.5 Å². The van der Waals surface area contributed by atoms with E-state index in [4.69, 9.17) is 14.2 Å². The topological polar surface area (TPSA) is 106 Å². The van der Waals surface area contributed by atoms with E-state index in [1.54, 1.807) is 25.3 Å². The van der Waals surface area contributed by atoms with E-state index >= 15 is 0 Å². The average molecular weight is 388 g/mol. The van der Waals surface area contributed by atoms with Gasteiger partial charge in [-0.2, -0.15) is 5.26 Å². The largest absolute Gasteiger partial charge is 0.493 e. The number of rotatable bonds is 9. The fraction of sp³-hybridized carbons (Fsp3) is 0.333. The summed E-state index contributed by atoms with van der Waals surface area (Å²) in [5, 5.41) is 20.9. The van der Waals surface area contributed by atoms with Crippen molar-refractivity contribution in [1.29, 1.82) is 5.26 Å². The van der Waals surface area contributed by atoms with Gasteiger partial charge in [0.05, 0.1) is 13.7 Å². The lowest BCUT2D eigenvalue weighted by Gasteiger charge is -2.11. The Bertz CT molecular complexity index is 857. The monoisotopic (exact) mass is 388 g/mol. The molecule has 142 valence electrons. The highest BCUT2D eigenvalue weighted by atomic mass is 32.1. The fourth-order valence-corrected chi connectivity index (χ4v) is 2.73. The standard InChI is InChI=1S/C18H20N4O4S/c1-4-16-21-22-18(27-16)20-17(23)13(11-19)9-12-5-6-14(15(10-12)25-3)26-8-7-24-2/h5-6,9-10H,4,7-8H2,1-3H3,(H,20,22,23)/b13-9-. The zero-order chi connectivity index (χ0) is 19.6. The molecule has 0 unspecified atom stereocenters. The van der Waals surface area contributed by atoms with Gasteiger partial charge >= 0.3 is 0 Å². The van der Waals surface area contributed by atoms with Crippen molar-refractivity contribution in [3.05, 3.63) is 34.3 Å². The number of nitriles is 1. The molecule has 1 aromatic heterocycles. The van der Waals surface area contributed by atoms with Crippen LogP contribution in [0.2, 0.25) is 0 Å². The zero-order valence-electron chi connectivity index (χ0n) is 15.3. The first-order valence-corrected chi connectivity index (χ1v) is 8.98. The van der Waals surface area contributed by atoms with E-state index in [1.807, 2.05) is 13.0 Å². The third kappa shape index (κ3) is 5.77. The quantitative estimate of drug-likeness (QED) is 0.400. The second-order valence-corrected chi connectivity index (χ2v) is 6.29. The molecule has 0 saturated heterocycles. The van der Waals surface area contributed by atoms with E-state index in [0.717, 1.165) is 11.4 Å². The van der Waals surface area contributed by atoms with E-state index in [9.17, 15) is 10.1 Å². The van der Waals surface area contributed by atoms with Crippen LogP contribution in [0.5, 0.6) is 11.5 Å². The van der Waals surface area contributed by atoms with Gasteiger partial charge in [0, 0.05) is 7.11 Å². The minimum Gasteiger partial charge on any atom is -0.493 e. The maximum Gasteiger partial charge on any atom is 0.268 e. The van der Waals surface area contributed by atoms with Gasteiger partial charge < -0.3 is 14.2 Å². The molecule has 9 heteroatoms. The van der Waals surface area contributed by atoms with E-state index < -0.39 is 5.91 Å². The van der Waals surface area contributed by atoms with Crippen LogP contribution in [0, 0.1) is 11.3 Å². The van der Waals surface area contributed by atoms with Crippen molar-refractivity contribution in [3.63, 3.8) is 0 Å². The minimum atomic E-state index is -0.546. The van der Waals surface area contributed by atoms with Crippen LogP contribution in [0.15, 0.2) is 23.8 Å². The average Bonchev–Trinajstić information content (AvgIpc) is 3.14. The molecule has 0 aliphatic carbocycles. The molecule has 1 amide bonds. The lowest BCUT2D eigenvalue weighted by Crippen LogP contribution is -2.13. The number of carbonyl (C=O) groups excluding carboxylic acids is 1. The summed E-state index contributed by atoms with van der Waals surface area (Å²) in [4.78, 5) is 12.3. The maximum atomic E-state index is 12.3. The smallest absolute Gasteiger partial charge is 0.268 e. The molecule has 0 fully saturated rings. The molecule has 1 aromatic carbocycles. The number of benzene rings is 1. The number of hydrogen-bond acceptors (Lipinski definition) is 8. The first-order chi connectivity index (χ1) is 13.1. The predicted molar refractivity (Wildman–Crippen MR) is 102 cm³/mol. The van der Waals surface area contributed by atoms with Crippen LogP contribution in [0.1, 0.15) is 17.5 Å². The predicted octanol–water partition coefficient (Wildman–Crippen LogP) is 2.68. The van der Waals surface area contributed by atoms with Gasteiger partial charge in [-0.05, 0) is 30.2 Å². The molecule has 8 nitrogen and oxygen atoms in total. The number of aryl methyl sites for hydroxylation is 1. The summed E-state index contributed by atoms with van der Waals surface area (Å²) in [6.45, 7) is 2.78. The summed E-state index contributed by atoms with van der Waals surface area (Å²) in [6, 6.07) is 7.03. The number of aromatic nitrogens is 2. The Labute approximate surface area is 161 Å². The number of nitrogens with one attached hydrogen (secondary N) is 1. The van der Waals surface area contributed by atoms with Crippen LogP contribution >= 0.6 is 11.3 Å². The van der Waals surface area contributed by atoms with Crippen molar-refractivity contribution in [2.45, 2.75) is 13.3 Å². The molecule has 0 atom stereocenters. The lowest BCUT2D eigenvalue weighted by molar-refractivity contribution is -0.112. The van der Waals surface area contributed by atoms with Crippen LogP contribution in [0.25, 0.3) is 6.08 Å². The Balaban J connectivity index is 2.15. The molecule has 27 heavy (non-hydrogen) atoms. The summed E-state index contributed by atoms with van der Waals surface area (Å²) in [6.07, 6.45) is 2.20. The first kappa shape index (κ1) is 20.4. The van der Waals surface area contributed by atoms with Gasteiger partial charge in [0.2, 0.25) is 5.13 Å². The Hall–Kier alpha value is -2.96. The molecule has 2 aromatic rings. The van der Waals surface area contributed by atoms with Gasteiger partial charge in [0.25, 0.3) is 5.91 Å². The van der Waals surface area contributed by atoms with Crippen molar-refractivity contribution < 1.29 is 19.0 Å². The Morgan fingerprint density at radius 1 is 1.30 bits per heavy atom. The Morgan fingerprint density at radius 3 is 2.74 bits per heavy atom. The highest BCUT2D eigenvalue weighted by molar-refractivity contribution is 7.15. The Kier molecular flexibility index (Phi) is 7.73. The van der Waals surface area contributed by atoms with E-state index in [0.29, 0.717) is 35.4 Å².